The lowest BCUT2D eigenvalue weighted by molar-refractivity contribution is 0.226. The molecule has 5 heteroatoms. The quantitative estimate of drug-likeness (QED) is 0.819. The maximum atomic E-state index is 9.18. The van der Waals surface area contributed by atoms with Gasteiger partial charge in [-0.2, -0.15) is 0 Å². The number of aliphatic hydroxyl groups excluding tert-OH is 1. The fourth-order valence-corrected chi connectivity index (χ4v) is 2.75. The second kappa shape index (κ2) is 4.00. The van der Waals surface area contributed by atoms with Crippen molar-refractivity contribution < 1.29 is 5.11 Å². The maximum Gasteiger partial charge on any atom is 0.145 e. The third kappa shape index (κ3) is 1.67. The van der Waals surface area contributed by atoms with Gasteiger partial charge in [-0.25, -0.2) is 9.97 Å². The topological polar surface area (TPSA) is 77.0 Å². The minimum absolute atomic E-state index is 0.285. The zero-order valence-electron chi connectivity index (χ0n) is 9.58. The predicted octanol–water partition coefficient (Wildman–Crippen LogP) is 1.35. The van der Waals surface area contributed by atoms with Gasteiger partial charge in [0.1, 0.15) is 17.8 Å². The van der Waals surface area contributed by atoms with Crippen LogP contribution in [0, 0.1) is 5.92 Å². The average Bonchev–Trinajstić information content (AvgIpc) is 2.94. The minimum atomic E-state index is 0.285. The van der Waals surface area contributed by atoms with E-state index >= 15 is 0 Å². The molecule has 0 radical (unpaired) electrons. The van der Waals surface area contributed by atoms with Gasteiger partial charge in [0, 0.05) is 18.8 Å². The van der Waals surface area contributed by atoms with E-state index in [1.54, 1.807) is 0 Å². The summed E-state index contributed by atoms with van der Waals surface area (Å²) in [6, 6.07) is 2.40. The zero-order valence-corrected chi connectivity index (χ0v) is 9.58. The summed E-state index contributed by atoms with van der Waals surface area (Å²) in [6.45, 7) is 0.285. The summed E-state index contributed by atoms with van der Waals surface area (Å²) >= 11 is 0. The first-order valence-corrected chi connectivity index (χ1v) is 5.97. The Bertz CT molecular complexity index is 536. The normalized spacial score (nSPS) is 24.5. The molecule has 2 aromatic rings. The first kappa shape index (κ1) is 10.5. The molecule has 0 aromatic carbocycles. The summed E-state index contributed by atoms with van der Waals surface area (Å²) in [5, 5.41) is 10.1. The highest BCUT2D eigenvalue weighted by atomic mass is 16.3. The Morgan fingerprint density at radius 1 is 1.41 bits per heavy atom. The van der Waals surface area contributed by atoms with Gasteiger partial charge in [0.05, 0.1) is 5.39 Å². The predicted molar refractivity (Wildman–Crippen MR) is 65.4 cm³/mol. The Morgan fingerprint density at radius 3 is 3.06 bits per heavy atom. The molecule has 5 nitrogen and oxygen atoms in total. The Balaban J connectivity index is 1.99. The summed E-state index contributed by atoms with van der Waals surface area (Å²) in [6.07, 6.45) is 6.73. The lowest BCUT2D eigenvalue weighted by Crippen LogP contribution is -2.07. The monoisotopic (exact) mass is 232 g/mol. The number of nitrogens with two attached hydrogens (primary N) is 1. The van der Waals surface area contributed by atoms with Gasteiger partial charge in [-0.1, -0.05) is 0 Å². The van der Waals surface area contributed by atoms with E-state index in [0.29, 0.717) is 17.8 Å². The van der Waals surface area contributed by atoms with Crippen LogP contribution < -0.4 is 5.73 Å². The first-order chi connectivity index (χ1) is 8.29. The van der Waals surface area contributed by atoms with Crippen LogP contribution in [0.25, 0.3) is 11.0 Å². The molecule has 0 amide bonds. The molecule has 0 aliphatic heterocycles. The van der Waals surface area contributed by atoms with Crippen molar-refractivity contribution in [2.24, 2.45) is 5.92 Å². The van der Waals surface area contributed by atoms with Gasteiger partial charge in [0.25, 0.3) is 0 Å². The molecule has 1 aliphatic rings. The largest absolute Gasteiger partial charge is 0.396 e. The smallest absolute Gasteiger partial charge is 0.145 e. The molecule has 0 saturated heterocycles. The van der Waals surface area contributed by atoms with E-state index in [0.717, 1.165) is 30.3 Å². The van der Waals surface area contributed by atoms with Crippen molar-refractivity contribution in [3.8, 4) is 0 Å². The third-order valence-corrected chi connectivity index (χ3v) is 3.71. The standard InChI is InChI=1S/C12H16N4O/c13-11-10-3-4-16(12(10)15-7-14-11)9-2-1-8(5-9)6-17/h3-4,7-9,17H,1-2,5-6H2,(H2,13,14,15)/t8?,9-/m0/s1. The number of hydrogen-bond donors (Lipinski definition) is 2. The molecular formula is C12H16N4O. The summed E-state index contributed by atoms with van der Waals surface area (Å²) < 4.78 is 2.17. The van der Waals surface area contributed by atoms with Gasteiger partial charge in [0.2, 0.25) is 0 Å². The van der Waals surface area contributed by atoms with Crippen LogP contribution in [0.15, 0.2) is 18.6 Å². The van der Waals surface area contributed by atoms with Crippen molar-refractivity contribution in [2.75, 3.05) is 12.3 Å². The Morgan fingerprint density at radius 2 is 2.29 bits per heavy atom. The third-order valence-electron chi connectivity index (χ3n) is 3.71. The zero-order chi connectivity index (χ0) is 11.8. The molecule has 0 spiro atoms. The second-order valence-electron chi connectivity index (χ2n) is 4.73. The lowest BCUT2D eigenvalue weighted by Gasteiger charge is -2.13. The molecule has 3 rings (SSSR count). The van der Waals surface area contributed by atoms with E-state index in [1.807, 2.05) is 12.3 Å². The molecule has 1 saturated carbocycles. The number of hydrogen-bond acceptors (Lipinski definition) is 4. The van der Waals surface area contributed by atoms with Gasteiger partial charge in [-0.15, -0.1) is 0 Å². The van der Waals surface area contributed by atoms with Gasteiger partial charge >= 0.3 is 0 Å². The Kier molecular flexibility index (Phi) is 2.48. The van der Waals surface area contributed by atoms with Crippen molar-refractivity contribution >= 4 is 16.9 Å². The molecule has 1 unspecified atom stereocenters. The molecular weight excluding hydrogens is 216 g/mol. The molecule has 1 fully saturated rings. The molecule has 2 aromatic heterocycles. The number of nitrogen functional groups attached to an aromatic ring is 1. The van der Waals surface area contributed by atoms with Crippen LogP contribution in [0.4, 0.5) is 5.82 Å². The number of nitrogens with zero attached hydrogens (tertiary/aromatic N) is 3. The summed E-state index contributed by atoms with van der Waals surface area (Å²) in [7, 11) is 0. The van der Waals surface area contributed by atoms with E-state index in [4.69, 9.17) is 5.73 Å². The van der Waals surface area contributed by atoms with Crippen molar-refractivity contribution in [2.45, 2.75) is 25.3 Å². The van der Waals surface area contributed by atoms with E-state index < -0.39 is 0 Å². The molecule has 3 N–H and O–H groups in total. The highest BCUT2D eigenvalue weighted by Crippen LogP contribution is 2.36. The lowest BCUT2D eigenvalue weighted by atomic mass is 10.1. The fourth-order valence-electron chi connectivity index (χ4n) is 2.75. The van der Waals surface area contributed by atoms with Gasteiger partial charge in [-0.05, 0) is 31.2 Å². The summed E-state index contributed by atoms with van der Waals surface area (Å²) in [4.78, 5) is 8.30. The van der Waals surface area contributed by atoms with Crippen LogP contribution in [0.2, 0.25) is 0 Å². The van der Waals surface area contributed by atoms with Gasteiger partial charge < -0.3 is 15.4 Å². The summed E-state index contributed by atoms with van der Waals surface area (Å²) in [5.74, 6) is 0.960. The fraction of sp³-hybridized carbons (Fsp3) is 0.500. The SMILES string of the molecule is Nc1ncnc2c1ccn2[C@H]1CCC(CO)C1. The van der Waals surface area contributed by atoms with Crippen LogP contribution in [-0.4, -0.2) is 26.2 Å². The number of anilines is 1. The van der Waals surface area contributed by atoms with Crippen LogP contribution in [0.3, 0.4) is 0 Å². The van der Waals surface area contributed by atoms with E-state index in [1.165, 1.54) is 6.33 Å². The van der Waals surface area contributed by atoms with E-state index in [2.05, 4.69) is 14.5 Å². The second-order valence-corrected chi connectivity index (χ2v) is 4.73. The van der Waals surface area contributed by atoms with Crippen molar-refractivity contribution in [1.29, 1.82) is 0 Å². The van der Waals surface area contributed by atoms with E-state index in [-0.39, 0.29) is 6.61 Å². The maximum absolute atomic E-state index is 9.18. The minimum Gasteiger partial charge on any atom is -0.396 e. The van der Waals surface area contributed by atoms with Crippen molar-refractivity contribution in [3.05, 3.63) is 18.6 Å². The first-order valence-electron chi connectivity index (χ1n) is 5.97. The Labute approximate surface area is 99.3 Å². The van der Waals surface area contributed by atoms with Crippen molar-refractivity contribution in [1.82, 2.24) is 14.5 Å². The van der Waals surface area contributed by atoms with Crippen molar-refractivity contribution in [3.63, 3.8) is 0 Å². The average molecular weight is 232 g/mol. The molecule has 90 valence electrons. The number of aromatic nitrogens is 3. The van der Waals surface area contributed by atoms with Crippen LogP contribution in [-0.2, 0) is 0 Å². The van der Waals surface area contributed by atoms with Gasteiger partial charge in [0.15, 0.2) is 0 Å². The van der Waals surface area contributed by atoms with Gasteiger partial charge in [-0.3, -0.25) is 0 Å². The molecule has 0 bridgehead atoms. The molecule has 1 aliphatic carbocycles. The molecule has 2 atom stereocenters. The highest BCUT2D eigenvalue weighted by Gasteiger charge is 2.26. The van der Waals surface area contributed by atoms with Crippen LogP contribution >= 0.6 is 0 Å². The van der Waals surface area contributed by atoms with E-state index in [9.17, 15) is 5.11 Å². The number of fused-ring (bicyclic) bond motifs is 1. The number of aliphatic hydroxyl groups is 1. The Hall–Kier alpha value is -1.62. The highest BCUT2D eigenvalue weighted by molar-refractivity contribution is 5.86. The molecule has 2 heterocycles. The summed E-state index contributed by atoms with van der Waals surface area (Å²) in [5.41, 5.74) is 6.72. The van der Waals surface area contributed by atoms with Crippen LogP contribution in [0.1, 0.15) is 25.3 Å². The molecule has 17 heavy (non-hydrogen) atoms. The van der Waals surface area contributed by atoms with Crippen LogP contribution in [0.5, 0.6) is 0 Å². The number of rotatable bonds is 2.